The van der Waals surface area contributed by atoms with Crippen LogP contribution in [-0.4, -0.2) is 21.4 Å². The van der Waals surface area contributed by atoms with Crippen molar-refractivity contribution in [2.24, 2.45) is 0 Å². The third kappa shape index (κ3) is 2.95. The van der Waals surface area contributed by atoms with E-state index in [1.807, 2.05) is 60.7 Å². The number of rotatable bonds is 4. The van der Waals surface area contributed by atoms with Gasteiger partial charge in [0.15, 0.2) is 5.71 Å². The highest BCUT2D eigenvalue weighted by molar-refractivity contribution is 7.71. The van der Waals surface area contributed by atoms with Gasteiger partial charge < -0.3 is 5.41 Å². The molecule has 1 aromatic heterocycles. The smallest absolute Gasteiger partial charge is 0.329 e. The summed E-state index contributed by atoms with van der Waals surface area (Å²) < 4.78 is 3.59. The first-order valence-electron chi connectivity index (χ1n) is 7.31. The van der Waals surface area contributed by atoms with Crippen molar-refractivity contribution >= 4 is 23.8 Å². The maximum atomic E-state index is 9.18. The average Bonchev–Trinajstić information content (AvgIpc) is 3.01. The van der Waals surface area contributed by atoms with Crippen LogP contribution in [-0.2, 0) is 0 Å². The van der Waals surface area contributed by atoms with E-state index in [9.17, 15) is 10.7 Å². The van der Waals surface area contributed by atoms with E-state index in [1.54, 1.807) is 21.2 Å². The highest BCUT2D eigenvalue weighted by Gasteiger charge is 2.27. The van der Waals surface area contributed by atoms with E-state index in [4.69, 9.17) is 17.6 Å². The van der Waals surface area contributed by atoms with Gasteiger partial charge in [-0.05, 0) is 36.5 Å². The summed E-state index contributed by atoms with van der Waals surface area (Å²) in [6, 6.07) is 20.3. The Morgan fingerprint density at radius 2 is 1.72 bits per heavy atom. The van der Waals surface area contributed by atoms with Crippen molar-refractivity contribution in [2.75, 3.05) is 0 Å². The van der Waals surface area contributed by atoms with Gasteiger partial charge in [-0.2, -0.15) is 9.83 Å². The molecule has 120 valence electrons. The number of aromatic amines is 1. The highest BCUT2D eigenvalue weighted by Crippen LogP contribution is 2.13. The lowest BCUT2D eigenvalue weighted by Gasteiger charge is -2.05. The lowest BCUT2D eigenvalue weighted by atomic mass is 10.1. The number of para-hydroxylation sites is 2. The summed E-state index contributed by atoms with van der Waals surface area (Å²) in [6.45, 7) is 0. The first kappa shape index (κ1) is 16.3. The highest BCUT2D eigenvalue weighted by atomic mass is 32.1. The largest absolute Gasteiger partial charge is 0.762 e. The SMILES string of the molecule is N#CC(=C=[N-])C(=N)c1n(-c2ccccc2)[nH]c(=S)[n+]1-c1ccccc1. The summed E-state index contributed by atoms with van der Waals surface area (Å²) in [5, 5.41) is 29.8. The molecular formula is C18H12N6S. The number of nitriles is 1. The van der Waals surface area contributed by atoms with E-state index in [1.165, 1.54) is 0 Å². The van der Waals surface area contributed by atoms with Crippen LogP contribution in [0, 0.1) is 21.5 Å². The monoisotopic (exact) mass is 344 g/mol. The Morgan fingerprint density at radius 1 is 1.12 bits per heavy atom. The van der Waals surface area contributed by atoms with Gasteiger partial charge in [0.05, 0.1) is 0 Å². The second kappa shape index (κ2) is 6.89. The minimum absolute atomic E-state index is 0.204. The molecule has 6 nitrogen and oxygen atoms in total. The zero-order valence-corrected chi connectivity index (χ0v) is 13.8. The predicted octanol–water partition coefficient (Wildman–Crippen LogP) is 2.87. The van der Waals surface area contributed by atoms with Gasteiger partial charge in [-0.3, -0.25) is 5.41 Å². The van der Waals surface area contributed by atoms with E-state index in [0.717, 1.165) is 11.4 Å². The number of nitrogens with one attached hydrogen (secondary N) is 2. The van der Waals surface area contributed by atoms with E-state index in [2.05, 4.69) is 5.10 Å². The van der Waals surface area contributed by atoms with Crippen molar-refractivity contribution < 1.29 is 4.57 Å². The molecule has 7 heteroatoms. The van der Waals surface area contributed by atoms with Gasteiger partial charge in [0.25, 0.3) is 5.82 Å². The Hall–Kier alpha value is -3.59. The summed E-state index contributed by atoms with van der Waals surface area (Å²) in [4.78, 5) is 0. The Labute approximate surface area is 148 Å². The molecule has 0 unspecified atom stereocenters. The normalized spacial score (nSPS) is 9.88. The number of aromatic nitrogens is 3. The van der Waals surface area contributed by atoms with Gasteiger partial charge in [-0.15, -0.1) is 9.78 Å². The van der Waals surface area contributed by atoms with Gasteiger partial charge in [0, 0.05) is 0 Å². The number of hydrogen-bond acceptors (Lipinski definition) is 3. The van der Waals surface area contributed by atoms with Gasteiger partial charge in [0.2, 0.25) is 0 Å². The summed E-state index contributed by atoms with van der Waals surface area (Å²) >= 11 is 5.44. The molecule has 0 amide bonds. The number of benzene rings is 2. The quantitative estimate of drug-likeness (QED) is 0.329. The van der Waals surface area contributed by atoms with Crippen LogP contribution in [0.4, 0.5) is 0 Å². The number of nitrogens with zero attached hydrogens (tertiary/aromatic N) is 4. The van der Waals surface area contributed by atoms with Gasteiger partial charge >= 0.3 is 4.77 Å². The Balaban J connectivity index is 2.36. The van der Waals surface area contributed by atoms with Crippen molar-refractivity contribution in [2.45, 2.75) is 0 Å². The van der Waals surface area contributed by atoms with Crippen molar-refractivity contribution in [1.29, 1.82) is 10.7 Å². The van der Waals surface area contributed by atoms with E-state index in [0.29, 0.717) is 10.6 Å². The van der Waals surface area contributed by atoms with Crippen molar-refractivity contribution in [3.63, 3.8) is 0 Å². The molecule has 0 fully saturated rings. The standard InChI is InChI=1S/C18H12N6S/c19-11-13(12-20)16(21)17-23(14-7-3-1-4-8-14)18(25)22-24(17)15-9-5-2-6-10-15/h1-10,21H,(H,22,25). The molecule has 0 saturated heterocycles. The molecule has 0 bridgehead atoms. The molecule has 25 heavy (non-hydrogen) atoms. The van der Waals surface area contributed by atoms with Crippen molar-refractivity contribution in [1.82, 2.24) is 9.78 Å². The minimum Gasteiger partial charge on any atom is -0.762 e. The number of allylic oxidation sites excluding steroid dienone is 1. The van der Waals surface area contributed by atoms with Crippen LogP contribution in [0.3, 0.4) is 0 Å². The second-order valence-corrected chi connectivity index (χ2v) is 5.44. The lowest BCUT2D eigenvalue weighted by Crippen LogP contribution is -2.38. The Bertz CT molecular complexity index is 1080. The van der Waals surface area contributed by atoms with Crippen molar-refractivity contribution in [3.8, 4) is 17.4 Å². The maximum absolute atomic E-state index is 9.18. The molecular weight excluding hydrogens is 332 g/mol. The van der Waals surface area contributed by atoms with Crippen LogP contribution in [0.2, 0.25) is 0 Å². The maximum Gasteiger partial charge on any atom is 0.329 e. The van der Waals surface area contributed by atoms with Crippen LogP contribution < -0.4 is 4.57 Å². The Morgan fingerprint density at radius 3 is 2.28 bits per heavy atom. The van der Waals surface area contributed by atoms with Crippen LogP contribution in [0.15, 0.2) is 66.2 Å². The van der Waals surface area contributed by atoms with E-state index in [-0.39, 0.29) is 11.3 Å². The fourth-order valence-corrected chi connectivity index (χ4v) is 2.73. The zero-order valence-electron chi connectivity index (χ0n) is 13.0. The first-order chi connectivity index (χ1) is 12.2. The minimum atomic E-state index is -0.289. The lowest BCUT2D eigenvalue weighted by molar-refractivity contribution is -0.604. The molecule has 2 N–H and O–H groups in total. The molecule has 2 aromatic carbocycles. The average molecular weight is 344 g/mol. The molecule has 0 spiro atoms. The molecule has 0 aliphatic heterocycles. The molecule has 3 rings (SSSR count). The third-order valence-corrected chi connectivity index (χ3v) is 3.83. The van der Waals surface area contributed by atoms with Crippen LogP contribution >= 0.6 is 12.2 Å². The van der Waals surface area contributed by atoms with Gasteiger partial charge in [-0.1, -0.05) is 36.4 Å². The second-order valence-electron chi connectivity index (χ2n) is 5.06. The molecule has 0 radical (unpaired) electrons. The Kier molecular flexibility index (Phi) is 4.48. The molecule has 0 saturated carbocycles. The number of hydrogen-bond donors (Lipinski definition) is 2. The van der Waals surface area contributed by atoms with E-state index < -0.39 is 0 Å². The van der Waals surface area contributed by atoms with Gasteiger partial charge in [-0.25, -0.2) is 5.87 Å². The molecule has 3 aromatic rings. The summed E-state index contributed by atoms with van der Waals surface area (Å²) in [7, 11) is 0. The topological polar surface area (TPSA) is 94.5 Å². The van der Waals surface area contributed by atoms with Gasteiger partial charge in [0.1, 0.15) is 23.0 Å². The third-order valence-electron chi connectivity index (χ3n) is 3.56. The van der Waals surface area contributed by atoms with E-state index >= 15 is 0 Å². The zero-order chi connectivity index (χ0) is 17.8. The van der Waals surface area contributed by atoms with Crippen molar-refractivity contribution in [3.05, 3.63) is 82.2 Å². The summed E-state index contributed by atoms with van der Waals surface area (Å²) in [6.07, 6.45) is 0. The van der Waals surface area contributed by atoms with Crippen LogP contribution in [0.25, 0.3) is 16.8 Å². The predicted molar refractivity (Wildman–Crippen MR) is 96.8 cm³/mol. The fraction of sp³-hybridized carbons (Fsp3) is 0. The summed E-state index contributed by atoms with van der Waals surface area (Å²) in [5.74, 6) is 2.08. The molecule has 0 aliphatic carbocycles. The number of H-pyrrole nitrogens is 1. The fourth-order valence-electron chi connectivity index (χ4n) is 2.45. The molecule has 1 heterocycles. The summed E-state index contributed by atoms with van der Waals surface area (Å²) in [5.41, 5.74) is 0.972. The van der Waals surface area contributed by atoms with Crippen LogP contribution in [0.5, 0.6) is 0 Å². The van der Waals surface area contributed by atoms with Crippen LogP contribution in [0.1, 0.15) is 5.82 Å². The first-order valence-corrected chi connectivity index (χ1v) is 7.72. The molecule has 0 aliphatic rings. The molecule has 0 atom stereocenters.